The van der Waals surface area contributed by atoms with Crippen LogP contribution in [0.1, 0.15) is 31.7 Å². The highest BCUT2D eigenvalue weighted by atomic mass is 35.5. The van der Waals surface area contributed by atoms with Crippen LogP contribution in [0, 0.1) is 0 Å². The third-order valence-electron chi connectivity index (χ3n) is 2.67. The van der Waals surface area contributed by atoms with Crippen LogP contribution in [0.25, 0.3) is 0 Å². The summed E-state index contributed by atoms with van der Waals surface area (Å²) in [5.41, 5.74) is 1.26. The van der Waals surface area contributed by atoms with Crippen LogP contribution in [0.2, 0.25) is 0 Å². The smallest absolute Gasteiger partial charge is 0.161 e. The molecular formula is C14H21ClO2. The van der Waals surface area contributed by atoms with Crippen molar-refractivity contribution in [3.8, 4) is 11.5 Å². The number of aryl methyl sites for hydroxylation is 1. The van der Waals surface area contributed by atoms with Gasteiger partial charge < -0.3 is 9.47 Å². The highest BCUT2D eigenvalue weighted by molar-refractivity contribution is 6.17. The topological polar surface area (TPSA) is 18.5 Å². The molecule has 0 aliphatic heterocycles. The Bertz CT molecular complexity index is 326. The molecule has 96 valence electrons. The lowest BCUT2D eigenvalue weighted by molar-refractivity contribution is 0.286. The van der Waals surface area contributed by atoms with Crippen LogP contribution >= 0.6 is 11.6 Å². The number of methoxy groups -OCH3 is 1. The summed E-state index contributed by atoms with van der Waals surface area (Å²) in [4.78, 5) is 0. The molecule has 0 aliphatic rings. The van der Waals surface area contributed by atoms with Gasteiger partial charge in [0.1, 0.15) is 0 Å². The van der Waals surface area contributed by atoms with E-state index >= 15 is 0 Å². The van der Waals surface area contributed by atoms with Gasteiger partial charge in [0.15, 0.2) is 11.5 Å². The molecular weight excluding hydrogens is 236 g/mol. The third kappa shape index (κ3) is 4.86. The third-order valence-corrected chi connectivity index (χ3v) is 2.94. The lowest BCUT2D eigenvalue weighted by atomic mass is 10.1. The fourth-order valence-electron chi connectivity index (χ4n) is 1.61. The van der Waals surface area contributed by atoms with Gasteiger partial charge in [-0.1, -0.05) is 13.0 Å². The van der Waals surface area contributed by atoms with Gasteiger partial charge in [-0.15, -0.1) is 11.6 Å². The summed E-state index contributed by atoms with van der Waals surface area (Å²) in [5, 5.41) is 0. The van der Waals surface area contributed by atoms with Gasteiger partial charge in [-0.25, -0.2) is 0 Å². The van der Waals surface area contributed by atoms with Crippen LogP contribution in [-0.4, -0.2) is 19.6 Å². The molecule has 0 amide bonds. The Morgan fingerprint density at radius 3 is 2.59 bits per heavy atom. The maximum atomic E-state index is 5.71. The Balaban J connectivity index is 2.46. The van der Waals surface area contributed by atoms with Crippen LogP contribution in [-0.2, 0) is 6.42 Å². The van der Waals surface area contributed by atoms with E-state index in [0.29, 0.717) is 0 Å². The van der Waals surface area contributed by atoms with E-state index in [4.69, 9.17) is 21.1 Å². The zero-order chi connectivity index (χ0) is 12.5. The van der Waals surface area contributed by atoms with Gasteiger partial charge in [0.05, 0.1) is 13.7 Å². The molecule has 0 heterocycles. The van der Waals surface area contributed by atoms with Crippen LogP contribution in [0.4, 0.5) is 0 Å². The van der Waals surface area contributed by atoms with Gasteiger partial charge in [-0.2, -0.15) is 0 Å². The normalized spacial score (nSPS) is 10.3. The first-order chi connectivity index (χ1) is 8.31. The minimum absolute atomic E-state index is 0.721. The van der Waals surface area contributed by atoms with E-state index in [2.05, 4.69) is 13.0 Å². The first kappa shape index (κ1) is 14.2. The van der Waals surface area contributed by atoms with E-state index in [-0.39, 0.29) is 0 Å². The van der Waals surface area contributed by atoms with E-state index in [1.807, 2.05) is 12.1 Å². The van der Waals surface area contributed by atoms with Gasteiger partial charge in [-0.3, -0.25) is 0 Å². The van der Waals surface area contributed by atoms with E-state index < -0.39 is 0 Å². The molecule has 1 aromatic rings. The monoisotopic (exact) mass is 256 g/mol. The molecule has 2 nitrogen and oxygen atoms in total. The maximum absolute atomic E-state index is 5.71. The molecule has 0 saturated carbocycles. The molecule has 0 saturated heterocycles. The molecule has 3 heteroatoms. The number of hydrogen-bond donors (Lipinski definition) is 0. The van der Waals surface area contributed by atoms with Gasteiger partial charge in [0.2, 0.25) is 0 Å². The lowest BCUT2D eigenvalue weighted by Crippen LogP contribution is -2.00. The molecule has 0 aliphatic carbocycles. The van der Waals surface area contributed by atoms with Gasteiger partial charge >= 0.3 is 0 Å². The predicted molar refractivity (Wildman–Crippen MR) is 72.4 cm³/mol. The van der Waals surface area contributed by atoms with Gasteiger partial charge in [0, 0.05) is 5.88 Å². The number of ether oxygens (including phenoxy) is 2. The molecule has 0 spiro atoms. The fourth-order valence-corrected chi connectivity index (χ4v) is 1.80. The molecule has 1 rings (SSSR count). The van der Waals surface area contributed by atoms with Crippen molar-refractivity contribution in [2.45, 2.75) is 32.6 Å². The second-order valence-electron chi connectivity index (χ2n) is 3.94. The standard InChI is InChI=1S/C14H21ClO2/c1-3-12-7-8-13(14(11-12)16-2)17-10-6-4-5-9-15/h7-8,11H,3-6,9-10H2,1-2H3. The Labute approximate surface area is 109 Å². The van der Waals surface area contributed by atoms with E-state index in [1.54, 1.807) is 7.11 Å². The van der Waals surface area contributed by atoms with Crippen molar-refractivity contribution in [3.05, 3.63) is 23.8 Å². The quantitative estimate of drug-likeness (QED) is 0.516. The minimum Gasteiger partial charge on any atom is -0.493 e. The number of alkyl halides is 1. The Morgan fingerprint density at radius 1 is 1.12 bits per heavy atom. The zero-order valence-corrected chi connectivity index (χ0v) is 11.4. The highest BCUT2D eigenvalue weighted by Crippen LogP contribution is 2.28. The van der Waals surface area contributed by atoms with Crippen LogP contribution in [0.3, 0.4) is 0 Å². The summed E-state index contributed by atoms with van der Waals surface area (Å²) in [5.74, 6) is 2.38. The highest BCUT2D eigenvalue weighted by Gasteiger charge is 2.04. The number of unbranched alkanes of at least 4 members (excludes halogenated alkanes) is 2. The molecule has 0 bridgehead atoms. The SMILES string of the molecule is CCc1ccc(OCCCCCCl)c(OC)c1. The molecule has 0 unspecified atom stereocenters. The van der Waals surface area contributed by atoms with E-state index in [9.17, 15) is 0 Å². The van der Waals surface area contributed by atoms with Crippen molar-refractivity contribution in [2.75, 3.05) is 19.6 Å². The van der Waals surface area contributed by atoms with E-state index in [1.165, 1.54) is 5.56 Å². The van der Waals surface area contributed by atoms with Crippen molar-refractivity contribution in [3.63, 3.8) is 0 Å². The minimum atomic E-state index is 0.721. The maximum Gasteiger partial charge on any atom is 0.161 e. The summed E-state index contributed by atoms with van der Waals surface area (Å²) in [6.07, 6.45) is 4.20. The second kappa shape index (κ2) is 8.24. The Hall–Kier alpha value is -0.890. The average molecular weight is 257 g/mol. The Kier molecular flexibility index (Phi) is 6.87. The second-order valence-corrected chi connectivity index (χ2v) is 4.31. The molecule has 0 aromatic heterocycles. The van der Waals surface area contributed by atoms with Crippen molar-refractivity contribution < 1.29 is 9.47 Å². The van der Waals surface area contributed by atoms with Crippen molar-refractivity contribution in [1.29, 1.82) is 0 Å². The molecule has 1 aromatic carbocycles. The van der Waals surface area contributed by atoms with Gasteiger partial charge in [0.25, 0.3) is 0 Å². The molecule has 17 heavy (non-hydrogen) atoms. The largest absolute Gasteiger partial charge is 0.493 e. The van der Waals surface area contributed by atoms with E-state index in [0.717, 1.165) is 49.7 Å². The Morgan fingerprint density at radius 2 is 1.94 bits per heavy atom. The van der Waals surface area contributed by atoms with Crippen molar-refractivity contribution >= 4 is 11.6 Å². The van der Waals surface area contributed by atoms with Crippen LogP contribution in [0.5, 0.6) is 11.5 Å². The summed E-state index contributed by atoms with van der Waals surface area (Å²) < 4.78 is 11.0. The summed E-state index contributed by atoms with van der Waals surface area (Å²) in [6.45, 7) is 2.85. The average Bonchev–Trinajstić information content (AvgIpc) is 2.38. The summed E-state index contributed by atoms with van der Waals surface area (Å²) >= 11 is 5.62. The lowest BCUT2D eigenvalue weighted by Gasteiger charge is -2.11. The van der Waals surface area contributed by atoms with Gasteiger partial charge in [-0.05, 0) is 43.4 Å². The van der Waals surface area contributed by atoms with Crippen molar-refractivity contribution in [1.82, 2.24) is 0 Å². The van der Waals surface area contributed by atoms with Crippen LogP contribution < -0.4 is 9.47 Å². The zero-order valence-electron chi connectivity index (χ0n) is 10.7. The van der Waals surface area contributed by atoms with Crippen LogP contribution in [0.15, 0.2) is 18.2 Å². The number of benzene rings is 1. The number of rotatable bonds is 8. The molecule has 0 radical (unpaired) electrons. The predicted octanol–water partition coefficient (Wildman–Crippen LogP) is 4.05. The fraction of sp³-hybridized carbons (Fsp3) is 0.571. The first-order valence-corrected chi connectivity index (χ1v) is 6.71. The first-order valence-electron chi connectivity index (χ1n) is 6.17. The van der Waals surface area contributed by atoms with Crippen molar-refractivity contribution in [2.24, 2.45) is 0 Å². The number of halogens is 1. The molecule has 0 N–H and O–H groups in total. The number of hydrogen-bond acceptors (Lipinski definition) is 2. The molecule has 0 fully saturated rings. The summed E-state index contributed by atoms with van der Waals surface area (Å²) in [7, 11) is 1.68. The summed E-state index contributed by atoms with van der Waals surface area (Å²) in [6, 6.07) is 6.10. The molecule has 0 atom stereocenters.